The first-order valence-corrected chi connectivity index (χ1v) is 6.55. The zero-order valence-corrected chi connectivity index (χ0v) is 13.5. The Labute approximate surface area is 101 Å². The number of hydrogen-bond donors (Lipinski definition) is 0. The second-order valence-corrected chi connectivity index (χ2v) is 3.32. The van der Waals surface area contributed by atoms with E-state index in [9.17, 15) is 0 Å². The van der Waals surface area contributed by atoms with Crippen LogP contribution in [0, 0.1) is 5.41 Å². The predicted octanol–water partition coefficient (Wildman–Crippen LogP) is 6.71. The summed E-state index contributed by atoms with van der Waals surface area (Å²) in [4.78, 5) is 0. The van der Waals surface area contributed by atoms with E-state index < -0.39 is 0 Å². The fourth-order valence-corrected chi connectivity index (χ4v) is 0. The lowest BCUT2D eigenvalue weighted by Gasteiger charge is -2.12. The Kier molecular flexibility index (Phi) is 72.8. The van der Waals surface area contributed by atoms with E-state index in [1.807, 2.05) is 48.5 Å². The fourth-order valence-electron chi connectivity index (χ4n) is 0. The van der Waals surface area contributed by atoms with Gasteiger partial charge in [-0.3, -0.25) is 0 Å². The van der Waals surface area contributed by atoms with E-state index in [0.29, 0.717) is 5.41 Å². The molecule has 0 atom stereocenters. The maximum absolute atomic E-state index is 3.36. The maximum atomic E-state index is 3.36. The monoisotopic (exact) mass is 218 g/mol. The van der Waals surface area contributed by atoms with E-state index >= 15 is 0 Å². The van der Waals surface area contributed by atoms with Crippen LogP contribution < -0.4 is 0 Å². The molecule has 0 aromatic carbocycles. The number of rotatable bonds is 0. The molecule has 0 amide bonds. The zero-order chi connectivity index (χ0) is 13.9. The van der Waals surface area contributed by atoms with Gasteiger partial charge in [-0.1, -0.05) is 81.7 Å². The van der Waals surface area contributed by atoms with Crippen molar-refractivity contribution >= 4 is 0 Å². The highest BCUT2D eigenvalue weighted by atomic mass is 14.1. The Morgan fingerprint density at radius 3 is 0.933 bits per heavy atom. The Hall–Kier alpha value is -0.260. The van der Waals surface area contributed by atoms with Gasteiger partial charge >= 0.3 is 0 Å². The molecule has 0 N–H and O–H groups in total. The molecule has 0 radical (unpaired) electrons. The van der Waals surface area contributed by atoms with Crippen LogP contribution in [-0.2, 0) is 0 Å². The van der Waals surface area contributed by atoms with Gasteiger partial charge in [0.1, 0.15) is 0 Å². The van der Waals surface area contributed by atoms with Crippen molar-refractivity contribution in [1.29, 1.82) is 0 Å². The van der Waals surface area contributed by atoms with Gasteiger partial charge in [-0.15, -0.1) is 6.58 Å². The van der Waals surface area contributed by atoms with Crippen molar-refractivity contribution in [2.75, 3.05) is 0 Å². The molecular formula is C15H38. The van der Waals surface area contributed by atoms with Crippen LogP contribution >= 0.6 is 0 Å². The molecule has 0 rings (SSSR count). The topological polar surface area (TPSA) is 0 Å². The second kappa shape index (κ2) is 37.2. The first-order valence-electron chi connectivity index (χ1n) is 6.55. The van der Waals surface area contributed by atoms with Crippen LogP contribution in [0.5, 0.6) is 0 Å². The highest BCUT2D eigenvalue weighted by Gasteiger charge is 2.03. The van der Waals surface area contributed by atoms with E-state index in [-0.39, 0.29) is 0 Å². The summed E-state index contributed by atoms with van der Waals surface area (Å²) in [5, 5.41) is 0. The molecule has 98 valence electrons. The molecule has 0 unspecified atom stereocenters. The molecule has 0 aliphatic rings. The van der Waals surface area contributed by atoms with E-state index in [1.165, 1.54) is 6.42 Å². The molecule has 0 aromatic heterocycles. The summed E-state index contributed by atoms with van der Waals surface area (Å²) in [7, 11) is 0. The summed E-state index contributed by atoms with van der Waals surface area (Å²) in [6.07, 6.45) is 3.02. The van der Waals surface area contributed by atoms with Gasteiger partial charge in [0, 0.05) is 0 Å². The summed E-state index contributed by atoms with van der Waals surface area (Å²) in [6.45, 7) is 26.2. The van der Waals surface area contributed by atoms with Crippen molar-refractivity contribution < 1.29 is 0 Å². The third-order valence-corrected chi connectivity index (χ3v) is 1.06. The normalized spacial score (nSPS) is 6.87. The van der Waals surface area contributed by atoms with Crippen molar-refractivity contribution in [3.8, 4) is 0 Å². The van der Waals surface area contributed by atoms with Gasteiger partial charge in [-0.25, -0.2) is 0 Å². The summed E-state index contributed by atoms with van der Waals surface area (Å²) in [6, 6.07) is 0. The average molecular weight is 218 g/mol. The summed E-state index contributed by atoms with van der Waals surface area (Å²) >= 11 is 0. The Balaban J connectivity index is -0.0000000318. The molecule has 0 aliphatic carbocycles. The number of hydrogen-bond acceptors (Lipinski definition) is 0. The van der Waals surface area contributed by atoms with Crippen molar-refractivity contribution in [2.45, 2.75) is 82.6 Å². The van der Waals surface area contributed by atoms with Crippen LogP contribution in [-0.4, -0.2) is 0 Å². The Morgan fingerprint density at radius 1 is 0.867 bits per heavy atom. The van der Waals surface area contributed by atoms with Crippen molar-refractivity contribution in [3.63, 3.8) is 0 Å². The van der Waals surface area contributed by atoms with Crippen LogP contribution in [0.25, 0.3) is 0 Å². The van der Waals surface area contributed by atoms with Crippen molar-refractivity contribution in [2.24, 2.45) is 5.41 Å². The molecule has 0 heterocycles. The van der Waals surface area contributed by atoms with E-state index in [1.54, 1.807) is 6.08 Å². The van der Waals surface area contributed by atoms with Crippen LogP contribution in [0.1, 0.15) is 82.6 Å². The standard InChI is InChI=1S/C6H14.C3H6.3C2H6/c1-5-6(2,3)4;1-3-2;3*1-2/h5H2,1-4H3;3H,1H2,2H3;3*1-2H3. The summed E-state index contributed by atoms with van der Waals surface area (Å²) < 4.78 is 0. The number of allylic oxidation sites excluding steroid dienone is 1. The lowest BCUT2D eigenvalue weighted by Crippen LogP contribution is -2.00. The van der Waals surface area contributed by atoms with Gasteiger partial charge in [-0.05, 0) is 12.3 Å². The molecule has 15 heavy (non-hydrogen) atoms. The SMILES string of the molecule is C=CC.CC.CC.CC.CCC(C)(C)C. The largest absolute Gasteiger partial charge is 0.103 e. The van der Waals surface area contributed by atoms with Crippen molar-refractivity contribution in [1.82, 2.24) is 0 Å². The zero-order valence-electron chi connectivity index (χ0n) is 13.5. The second-order valence-electron chi connectivity index (χ2n) is 3.32. The fraction of sp³-hybridized carbons (Fsp3) is 0.867. The molecule has 0 aromatic rings. The third kappa shape index (κ3) is 252. The van der Waals surface area contributed by atoms with Crippen LogP contribution in [0.3, 0.4) is 0 Å². The molecule has 0 spiro atoms. The lowest BCUT2D eigenvalue weighted by molar-refractivity contribution is 0.398. The Bertz CT molecular complexity index is 54.9. The molecule has 0 aliphatic heterocycles. The first-order chi connectivity index (χ1) is 6.97. The molecule has 0 bridgehead atoms. The van der Waals surface area contributed by atoms with Gasteiger partial charge in [-0.2, -0.15) is 0 Å². The molecular weight excluding hydrogens is 180 g/mol. The molecule has 0 heteroatoms. The van der Waals surface area contributed by atoms with Gasteiger partial charge in [0.15, 0.2) is 0 Å². The minimum atomic E-state index is 0.542. The smallest absolute Gasteiger partial charge is 0.0385 e. The molecule has 0 saturated heterocycles. The highest BCUT2D eigenvalue weighted by molar-refractivity contribution is 4.55. The van der Waals surface area contributed by atoms with Gasteiger partial charge < -0.3 is 0 Å². The van der Waals surface area contributed by atoms with E-state index in [2.05, 4.69) is 34.3 Å². The van der Waals surface area contributed by atoms with Crippen LogP contribution in [0.2, 0.25) is 0 Å². The minimum absolute atomic E-state index is 0.542. The van der Waals surface area contributed by atoms with E-state index in [4.69, 9.17) is 0 Å². The summed E-state index contributed by atoms with van der Waals surface area (Å²) in [5.74, 6) is 0. The van der Waals surface area contributed by atoms with Gasteiger partial charge in [0.25, 0.3) is 0 Å². The lowest BCUT2D eigenvalue weighted by atomic mass is 9.94. The van der Waals surface area contributed by atoms with Gasteiger partial charge in [0.05, 0.1) is 0 Å². The predicted molar refractivity (Wildman–Crippen MR) is 79.7 cm³/mol. The average Bonchev–Trinajstić information content (AvgIpc) is 2.27. The van der Waals surface area contributed by atoms with Gasteiger partial charge in [0.2, 0.25) is 0 Å². The third-order valence-electron chi connectivity index (χ3n) is 1.06. The van der Waals surface area contributed by atoms with Crippen LogP contribution in [0.4, 0.5) is 0 Å². The molecule has 0 fully saturated rings. The molecule has 0 nitrogen and oxygen atoms in total. The first kappa shape index (κ1) is 29.3. The minimum Gasteiger partial charge on any atom is -0.103 e. The quantitative estimate of drug-likeness (QED) is 0.396. The molecule has 0 saturated carbocycles. The Morgan fingerprint density at radius 2 is 0.933 bits per heavy atom. The van der Waals surface area contributed by atoms with Crippen LogP contribution in [0.15, 0.2) is 12.7 Å². The van der Waals surface area contributed by atoms with Crippen molar-refractivity contribution in [3.05, 3.63) is 12.7 Å². The maximum Gasteiger partial charge on any atom is -0.0385 e. The van der Waals surface area contributed by atoms with E-state index in [0.717, 1.165) is 0 Å². The highest BCUT2D eigenvalue weighted by Crippen LogP contribution is 2.16. The summed E-state index contributed by atoms with van der Waals surface area (Å²) in [5.41, 5.74) is 0.542.